The summed E-state index contributed by atoms with van der Waals surface area (Å²) in [7, 11) is 1.69. The van der Waals surface area contributed by atoms with E-state index in [0.29, 0.717) is 51.7 Å². The van der Waals surface area contributed by atoms with Crippen LogP contribution < -0.4 is 80.6 Å². The number of phenols is 1. The molecule has 2 fully saturated rings. The van der Waals surface area contributed by atoms with Crippen LogP contribution in [0.2, 0.25) is 0 Å². The number of aromatic nitrogens is 1. The number of aromatic amines is 1. The fourth-order valence-corrected chi connectivity index (χ4v) is 15.2. The molecule has 3 heterocycles. The quantitative estimate of drug-likeness (QED) is 0.0304. The van der Waals surface area contributed by atoms with Gasteiger partial charge in [-0.1, -0.05) is 151 Å². The zero-order chi connectivity index (χ0) is 83.8. The number of fused-ring (bicyclic) bond motifs is 10. The number of rotatable bonds is 22. The van der Waals surface area contributed by atoms with Gasteiger partial charge in [-0.25, -0.2) is 4.79 Å². The number of carboxylic acid groups (broad SMARTS) is 1. The number of nitrogens with one attached hydrogen (secondary N) is 14. The number of para-hydroxylation sites is 1. The summed E-state index contributed by atoms with van der Waals surface area (Å²) >= 11 is 0. The molecule has 2 saturated heterocycles. The normalized spacial score (nSPS) is 23.5. The molecule has 1 aromatic heterocycles. The number of unbranched alkanes of at least 4 members (excludes halogenated alkanes) is 1. The first kappa shape index (κ1) is 90.6. The number of aromatic hydroxyl groups is 1. The second-order valence-electron chi connectivity index (χ2n) is 29.1. The maximum Gasteiger partial charge on any atom is 0.327 e. The Morgan fingerprint density at radius 1 is 0.526 bits per heavy atom. The topological polar surface area (TPSA) is 527 Å². The van der Waals surface area contributed by atoms with Crippen molar-refractivity contribution in [3.8, 4) is 5.75 Å². The van der Waals surface area contributed by atoms with Gasteiger partial charge in [0.2, 0.25) is 70.9 Å². The molecule has 0 saturated carbocycles. The predicted octanol–water partition coefficient (Wildman–Crippen LogP) is -0.393. The molecule has 8 rings (SSSR count). The molecule has 5 aromatic carbocycles. The van der Waals surface area contributed by atoms with Crippen LogP contribution in [0.4, 0.5) is 0 Å². The maximum absolute atomic E-state index is 15.6. The van der Waals surface area contributed by atoms with E-state index in [2.05, 4.69) is 74.1 Å². The van der Waals surface area contributed by atoms with Crippen molar-refractivity contribution < 1.29 is 82.8 Å². The van der Waals surface area contributed by atoms with E-state index in [1.165, 1.54) is 31.2 Å². The molecule has 624 valence electrons. The van der Waals surface area contributed by atoms with Gasteiger partial charge in [-0.3, -0.25) is 57.5 Å². The standard InChI is InChI=1S/C81H106N16O17S2/c1-46(2)85-41-52-26-24-51(25-27-52)39-63-77(109)97-69(47(3)99)80(112)93-62(38-49-18-8-5-9-19-49)75(107)87-59-23-13-15-35-84-68(101)33-32-60(73(105)92-64(76(108)91-63)40-53-42-86-57-21-11-10-20-55(53)57)89-74(106)61(37-48-16-6-4-7-17-48)90-71(103)58(22-12-14-34-82)88-79(111)66(95-70(102)56(83)36-50-28-30-54(100)31-29-50)44-115-116-45-67(81(113)114)96-78(110)65(43-98)94-72(59)104/h4-11,16-21,24-31,42,46-47,56,58-67,69,85-86,98-100H,12-15,22-23,32-41,43-45,82-83H2,1-3H3,(H,84,101)(H,87,107)(H,88,111)(H,89,106)(H,90,103)(H,91,108)(H,92,105)(H,93,112)(H,94,104)(H,95,102)(H,96,110)(H,97,109)(H,113,114)/t47-,56+,58-,59+,60-,61-,62+,63+,64+,65+,66-,67+,69-/m1/s1. The van der Waals surface area contributed by atoms with Gasteiger partial charge in [-0.05, 0) is 116 Å². The first-order valence-corrected chi connectivity index (χ1v) is 41.2. The number of carbonyl (C=O) groups is 13. The third kappa shape index (κ3) is 28.8. The average molecular weight is 1640 g/mol. The van der Waals surface area contributed by atoms with E-state index in [9.17, 15) is 54.0 Å². The van der Waals surface area contributed by atoms with Gasteiger partial charge in [-0.2, -0.15) is 0 Å². The Labute approximate surface area is 679 Å². The van der Waals surface area contributed by atoms with Crippen LogP contribution in [-0.4, -0.2) is 218 Å². The van der Waals surface area contributed by atoms with Gasteiger partial charge in [0.05, 0.1) is 18.8 Å². The smallest absolute Gasteiger partial charge is 0.327 e. The summed E-state index contributed by atoms with van der Waals surface area (Å²) < 4.78 is 0. The van der Waals surface area contributed by atoms with Crippen molar-refractivity contribution in [3.63, 3.8) is 0 Å². The van der Waals surface area contributed by atoms with Crippen molar-refractivity contribution in [2.24, 2.45) is 11.5 Å². The Balaban J connectivity index is 1.25. The van der Waals surface area contributed by atoms with Crippen molar-refractivity contribution in [3.05, 3.63) is 173 Å². The van der Waals surface area contributed by atoms with Crippen molar-refractivity contribution in [2.75, 3.05) is 31.2 Å². The van der Waals surface area contributed by atoms with Crippen LogP contribution in [0, 0.1) is 0 Å². The minimum atomic E-state index is -1.88. The number of carboxylic acids is 1. The monoisotopic (exact) mass is 1640 g/mol. The zero-order valence-electron chi connectivity index (χ0n) is 64.9. The molecule has 0 spiro atoms. The molecule has 116 heavy (non-hydrogen) atoms. The van der Waals surface area contributed by atoms with Crippen molar-refractivity contribution in [1.82, 2.24) is 74.1 Å². The Morgan fingerprint density at radius 3 is 1.62 bits per heavy atom. The summed E-state index contributed by atoms with van der Waals surface area (Å²) in [6.45, 7) is 4.59. The summed E-state index contributed by atoms with van der Waals surface area (Å²) in [6, 6.07) is 17.3. The summed E-state index contributed by atoms with van der Waals surface area (Å²) in [4.78, 5) is 195. The Morgan fingerprint density at radius 2 is 1.03 bits per heavy atom. The minimum Gasteiger partial charge on any atom is -0.508 e. The Kier molecular flexibility index (Phi) is 35.9. The lowest BCUT2D eigenvalue weighted by atomic mass is 9.99. The van der Waals surface area contributed by atoms with Gasteiger partial charge in [0.1, 0.15) is 72.2 Å². The molecule has 0 unspecified atom stereocenters. The molecule has 12 amide bonds. The largest absolute Gasteiger partial charge is 0.508 e. The SMILES string of the molecule is CC(C)NCc1ccc(C[C@@H]2NC(=O)[C@H](Cc3c[nH]c4ccccc34)NC(=O)[C@H]3CCC(=O)NCCCC[C@H](NC(=O)[C@H](Cc4ccccc4)NC(=O)[C@@H]([C@@H](C)O)NC2=O)C(=O)N[C@@H](CO)C(=O)N[C@H](C(=O)O)CSSC[C@@H](NC(=O)[C@@H](N)Cc2ccc(O)cc2)C(=O)N[C@H](CCCCN)C(=O)N[C@H](Cc2ccccc2)C(=O)N3)cc1. The number of hydrogen-bond donors (Lipinski definition) is 20. The van der Waals surface area contributed by atoms with Gasteiger partial charge >= 0.3 is 5.97 Å². The lowest BCUT2D eigenvalue weighted by molar-refractivity contribution is -0.142. The third-order valence-electron chi connectivity index (χ3n) is 19.5. The van der Waals surface area contributed by atoms with Crippen molar-refractivity contribution >= 4 is 109 Å². The van der Waals surface area contributed by atoms with E-state index in [-0.39, 0.29) is 94.8 Å². The number of aliphatic carboxylic acids is 1. The van der Waals surface area contributed by atoms with E-state index < -0.39 is 181 Å². The molecule has 2 aliphatic heterocycles. The highest BCUT2D eigenvalue weighted by atomic mass is 33.1. The molecule has 33 nitrogen and oxygen atoms in total. The lowest BCUT2D eigenvalue weighted by Crippen LogP contribution is -2.63. The fraction of sp³-hybridized carbons (Fsp3) is 0.444. The molecule has 2 aliphatic rings. The summed E-state index contributed by atoms with van der Waals surface area (Å²) in [6.07, 6.45) is -1.84. The van der Waals surface area contributed by atoms with Gasteiger partial charge in [0.25, 0.3) is 0 Å². The van der Waals surface area contributed by atoms with Crippen LogP contribution in [0.15, 0.2) is 140 Å². The Hall–Kier alpha value is -11.0. The van der Waals surface area contributed by atoms with Gasteiger partial charge in [0, 0.05) is 79.8 Å². The second-order valence-corrected chi connectivity index (χ2v) is 31.6. The molecule has 0 radical (unpaired) electrons. The summed E-state index contributed by atoms with van der Waals surface area (Å²) in [5, 5.41) is 78.5. The van der Waals surface area contributed by atoms with E-state index >= 15 is 28.8 Å². The highest BCUT2D eigenvalue weighted by Crippen LogP contribution is 2.25. The van der Waals surface area contributed by atoms with E-state index in [4.69, 9.17) is 11.5 Å². The van der Waals surface area contributed by atoms with E-state index in [1.807, 2.05) is 26.0 Å². The number of hydrogen-bond acceptors (Lipinski definition) is 21. The first-order chi connectivity index (χ1) is 55.6. The number of amides is 12. The van der Waals surface area contributed by atoms with E-state index in [1.54, 1.807) is 103 Å². The lowest BCUT2D eigenvalue weighted by Gasteiger charge is -2.29. The molecular formula is C81H106N16O17S2. The Bertz CT molecular complexity index is 4320. The van der Waals surface area contributed by atoms with Crippen molar-refractivity contribution in [2.45, 2.75) is 195 Å². The number of phenolic OH excluding ortho intramolecular Hbond substituents is 1. The van der Waals surface area contributed by atoms with Gasteiger partial charge in [-0.15, -0.1) is 0 Å². The third-order valence-corrected chi connectivity index (χ3v) is 22.0. The van der Waals surface area contributed by atoms with Crippen LogP contribution in [0.5, 0.6) is 5.75 Å². The highest BCUT2D eigenvalue weighted by Gasteiger charge is 2.39. The maximum atomic E-state index is 15.6. The minimum absolute atomic E-state index is 0.0265. The number of aliphatic hydroxyl groups is 2. The van der Waals surface area contributed by atoms with Crippen LogP contribution >= 0.6 is 21.6 Å². The van der Waals surface area contributed by atoms with Crippen LogP contribution in [0.3, 0.4) is 0 Å². The van der Waals surface area contributed by atoms with Gasteiger partial charge < -0.3 is 106 Å². The molecule has 13 atom stereocenters. The summed E-state index contributed by atoms with van der Waals surface area (Å²) in [5.41, 5.74) is 16.4. The van der Waals surface area contributed by atoms with Crippen LogP contribution in [0.1, 0.15) is 106 Å². The zero-order valence-corrected chi connectivity index (χ0v) is 66.5. The number of carbonyl (C=O) groups excluding carboxylic acids is 12. The fourth-order valence-electron chi connectivity index (χ4n) is 12.9. The molecule has 2 bridgehead atoms. The number of benzene rings is 5. The van der Waals surface area contributed by atoms with Crippen LogP contribution in [0.25, 0.3) is 10.9 Å². The van der Waals surface area contributed by atoms with Gasteiger partial charge in [0.15, 0.2) is 0 Å². The number of aliphatic hydroxyl groups excluding tert-OH is 2. The molecular weight excluding hydrogens is 1530 g/mol. The predicted molar refractivity (Wildman–Crippen MR) is 436 cm³/mol. The van der Waals surface area contributed by atoms with E-state index in [0.717, 1.165) is 27.2 Å². The van der Waals surface area contributed by atoms with Crippen LogP contribution in [-0.2, 0) is 101 Å². The molecule has 22 N–H and O–H groups in total. The number of H-pyrrole nitrogens is 1. The molecule has 6 aromatic rings. The highest BCUT2D eigenvalue weighted by molar-refractivity contribution is 8.76. The number of nitrogens with two attached hydrogens (primary N) is 2. The molecule has 0 aliphatic carbocycles. The first-order valence-electron chi connectivity index (χ1n) is 38.7. The van der Waals surface area contributed by atoms with Crippen molar-refractivity contribution in [1.29, 1.82) is 0 Å². The second kappa shape index (κ2) is 46.0. The summed E-state index contributed by atoms with van der Waals surface area (Å²) in [5.74, 6) is -14.2. The average Bonchev–Trinajstić information content (AvgIpc) is 1.66. The molecule has 35 heteroatoms.